The number of hydrogen-bond acceptors (Lipinski definition) is 12. The minimum atomic E-state index is -1.02. The Kier molecular flexibility index (Phi) is 47.7. The molecule has 0 aromatic rings. The van der Waals surface area contributed by atoms with E-state index in [1.165, 1.54) is 0 Å². The van der Waals surface area contributed by atoms with Gasteiger partial charge in [0.05, 0.1) is 0 Å². The normalized spacial score (nSPS) is 9.37. The van der Waals surface area contributed by atoms with Gasteiger partial charge in [0.2, 0.25) is 0 Å². The van der Waals surface area contributed by atoms with Gasteiger partial charge in [0.1, 0.15) is 0 Å². The summed E-state index contributed by atoms with van der Waals surface area (Å²) in [6.45, 7) is 0. The van der Waals surface area contributed by atoms with E-state index in [1.54, 1.807) is 0 Å². The van der Waals surface area contributed by atoms with E-state index in [4.69, 9.17) is 0 Å². The Morgan fingerprint density at radius 3 is 0.439 bits per heavy atom. The molecule has 0 N–H and O–H groups in total. The molecule has 0 heterocycles. The van der Waals surface area contributed by atoms with Crippen molar-refractivity contribution < 1.29 is 131 Å². The second kappa shape index (κ2) is 39.2. The maximum Gasteiger partial charge on any atom is 3.00 e. The maximum absolute atomic E-state index is 9.98. The van der Waals surface area contributed by atoms with Gasteiger partial charge in [-0.15, -0.1) is 0 Å². The van der Waals surface area contributed by atoms with Gasteiger partial charge in [-0.25, -0.2) is 0 Å². The molecule has 0 saturated heterocycles. The predicted octanol–water partition coefficient (Wildman–Crippen LogP) is -2.35. The quantitative estimate of drug-likeness (QED) is 0.0929. The molecule has 0 atom stereocenters. The molecule has 0 aliphatic rings. The Bertz CT molecular complexity index is 543. The van der Waals surface area contributed by atoms with Crippen LogP contribution in [0.15, 0.2) is 0 Å². The van der Waals surface area contributed by atoms with Crippen molar-refractivity contribution in [3.63, 3.8) is 0 Å². The van der Waals surface area contributed by atoms with E-state index in [9.17, 15) is 59.4 Å². The van der Waals surface area contributed by atoms with Crippen molar-refractivity contribution in [3.05, 3.63) is 0 Å². The van der Waals surface area contributed by atoms with Crippen molar-refractivity contribution >= 4 is 35.8 Å². The minimum Gasteiger partial charge on any atom is -0.550 e. The van der Waals surface area contributed by atoms with E-state index in [0.29, 0.717) is 38.5 Å². The number of carboxylic acids is 6. The second-order valence-electron chi connectivity index (χ2n) is 9.04. The van der Waals surface area contributed by atoms with Crippen LogP contribution in [0.3, 0.4) is 0 Å². The molecule has 0 amide bonds. The van der Waals surface area contributed by atoms with Gasteiger partial charge in [-0.2, -0.15) is 0 Å². The van der Waals surface area contributed by atoms with E-state index in [1.807, 2.05) is 0 Å². The Balaban J connectivity index is -0.000000154. The summed E-state index contributed by atoms with van der Waals surface area (Å²) in [6.07, 6.45) is 11.8. The summed E-state index contributed by atoms with van der Waals surface area (Å²) in [5.74, 6) is -6.11. The second-order valence-corrected chi connectivity index (χ2v) is 9.04. The van der Waals surface area contributed by atoms with Crippen molar-refractivity contribution in [3.8, 4) is 0 Å². The molecule has 41 heavy (non-hydrogen) atoms. The fourth-order valence-corrected chi connectivity index (χ4v) is 3.21. The summed E-state index contributed by atoms with van der Waals surface area (Å²) >= 11 is 0. The van der Waals surface area contributed by atoms with Crippen LogP contribution in [0.2, 0.25) is 0 Å². The first-order chi connectivity index (χ1) is 18.4. The Morgan fingerprint density at radius 1 is 0.244 bits per heavy atom. The Labute approximate surface area is 298 Å². The summed E-state index contributed by atoms with van der Waals surface area (Å²) in [5.41, 5.74) is 0. The molecule has 0 aliphatic heterocycles. The SMILES string of the molecule is O=C([O-])CCCCCCCC(=O)[O-].O=C([O-])CCCCCCCC(=O)[O-].O=C([O-])CCCCCCCC(=O)[O-].[La+3].[La+3]. The average molecular weight is 836 g/mol. The zero-order valence-electron chi connectivity index (χ0n) is 23.9. The summed E-state index contributed by atoms with van der Waals surface area (Å²) in [4.78, 5) is 59.9. The number of rotatable bonds is 24. The third kappa shape index (κ3) is 63.6. The van der Waals surface area contributed by atoms with Crippen molar-refractivity contribution in [2.45, 2.75) is 135 Å². The van der Waals surface area contributed by atoms with Crippen molar-refractivity contribution in [1.82, 2.24) is 0 Å². The van der Waals surface area contributed by atoms with Crippen LogP contribution in [0.4, 0.5) is 0 Å². The largest absolute Gasteiger partial charge is 3.00 e. The molecule has 0 spiro atoms. The van der Waals surface area contributed by atoms with E-state index in [-0.39, 0.29) is 110 Å². The minimum absolute atomic E-state index is 0. The molecule has 0 unspecified atom stereocenters. The molecule has 12 nitrogen and oxygen atoms in total. The fourth-order valence-electron chi connectivity index (χ4n) is 3.21. The van der Waals surface area contributed by atoms with Crippen LogP contribution >= 0.6 is 0 Å². The molecular formula is C27H42La2O12. The number of unbranched alkanes of at least 4 members (excludes halogenated alkanes) is 12. The van der Waals surface area contributed by atoms with Gasteiger partial charge < -0.3 is 59.4 Å². The Morgan fingerprint density at radius 2 is 0.341 bits per heavy atom. The molecule has 228 valence electrons. The van der Waals surface area contributed by atoms with Gasteiger partial charge in [0.25, 0.3) is 0 Å². The van der Waals surface area contributed by atoms with Crippen LogP contribution < -0.4 is 30.6 Å². The number of hydrogen-bond donors (Lipinski definition) is 0. The van der Waals surface area contributed by atoms with Crippen LogP contribution in [0.25, 0.3) is 0 Å². The maximum atomic E-state index is 9.98. The fraction of sp³-hybridized carbons (Fsp3) is 0.778. The number of carboxylic acid groups (broad SMARTS) is 6. The Hall–Kier alpha value is -0.790. The summed E-state index contributed by atoms with van der Waals surface area (Å²) < 4.78 is 0. The topological polar surface area (TPSA) is 241 Å². The summed E-state index contributed by atoms with van der Waals surface area (Å²) in [7, 11) is 0. The van der Waals surface area contributed by atoms with Crippen LogP contribution in [-0.4, -0.2) is 35.8 Å². The molecule has 0 saturated carbocycles. The number of aliphatic carboxylic acids is 6. The van der Waals surface area contributed by atoms with E-state index in [0.717, 1.165) is 57.8 Å². The monoisotopic (exact) mass is 836 g/mol. The first kappa shape index (κ1) is 49.9. The van der Waals surface area contributed by atoms with Gasteiger partial charge in [-0.05, 0) is 77.0 Å². The first-order valence-electron chi connectivity index (χ1n) is 13.6. The van der Waals surface area contributed by atoms with Crippen molar-refractivity contribution in [2.75, 3.05) is 0 Å². The van der Waals surface area contributed by atoms with E-state index < -0.39 is 35.8 Å². The molecule has 14 heteroatoms. The predicted molar refractivity (Wildman–Crippen MR) is 127 cm³/mol. The van der Waals surface area contributed by atoms with Crippen LogP contribution in [0.5, 0.6) is 0 Å². The third-order valence-electron chi connectivity index (χ3n) is 5.29. The third-order valence-corrected chi connectivity index (χ3v) is 5.29. The van der Waals surface area contributed by atoms with Gasteiger partial charge >= 0.3 is 71.2 Å². The van der Waals surface area contributed by atoms with Gasteiger partial charge in [-0.1, -0.05) is 57.8 Å². The number of carbonyl (C=O) groups excluding carboxylic acids is 6. The van der Waals surface area contributed by atoms with Gasteiger partial charge in [0.15, 0.2) is 0 Å². The molecule has 0 aromatic heterocycles. The van der Waals surface area contributed by atoms with E-state index >= 15 is 0 Å². The van der Waals surface area contributed by atoms with Crippen LogP contribution in [-0.2, 0) is 28.8 Å². The molecule has 0 aromatic carbocycles. The van der Waals surface area contributed by atoms with Crippen molar-refractivity contribution in [2.24, 2.45) is 0 Å². The summed E-state index contributed by atoms with van der Waals surface area (Å²) in [5, 5.41) is 59.9. The van der Waals surface area contributed by atoms with Crippen LogP contribution in [0, 0.1) is 71.2 Å². The van der Waals surface area contributed by atoms with Gasteiger partial charge in [0, 0.05) is 35.8 Å². The molecule has 0 radical (unpaired) electrons. The van der Waals surface area contributed by atoms with Crippen LogP contribution in [0.1, 0.15) is 135 Å². The zero-order valence-corrected chi connectivity index (χ0v) is 31.2. The smallest absolute Gasteiger partial charge is 0.550 e. The van der Waals surface area contributed by atoms with Crippen molar-refractivity contribution in [1.29, 1.82) is 0 Å². The standard InChI is InChI=1S/3C9H16O4.2La/c3*10-8(11)6-4-2-1-3-5-7-9(12)13;;/h3*1-7H2,(H,10,11)(H,12,13);;/q;;;2*+3/p-6. The number of carbonyl (C=O) groups is 6. The zero-order chi connectivity index (χ0) is 30.3. The van der Waals surface area contributed by atoms with E-state index in [2.05, 4.69) is 0 Å². The summed E-state index contributed by atoms with van der Waals surface area (Å²) in [6, 6.07) is 0. The average Bonchev–Trinajstić information content (AvgIpc) is 2.82. The molecule has 0 fully saturated rings. The molecule has 0 rings (SSSR count). The molecule has 0 bridgehead atoms. The molecule has 0 aliphatic carbocycles. The van der Waals surface area contributed by atoms with Gasteiger partial charge in [-0.3, -0.25) is 0 Å². The first-order valence-corrected chi connectivity index (χ1v) is 13.6. The molecular weight excluding hydrogens is 794 g/mol.